The summed E-state index contributed by atoms with van der Waals surface area (Å²) in [4.78, 5) is 25.3. The Morgan fingerprint density at radius 2 is 1.94 bits per heavy atom. The summed E-state index contributed by atoms with van der Waals surface area (Å²) in [6, 6.07) is 5.83. The van der Waals surface area contributed by atoms with Crippen LogP contribution in [0.2, 0.25) is 10.0 Å². The van der Waals surface area contributed by atoms with Crippen LogP contribution in [0.5, 0.6) is 0 Å². The van der Waals surface area contributed by atoms with Crippen molar-refractivity contribution in [3.63, 3.8) is 0 Å². The Bertz CT molecular complexity index is 679. The number of aromatic amines is 1. The van der Waals surface area contributed by atoms with Gasteiger partial charge in [-0.3, -0.25) is 4.79 Å². The van der Waals surface area contributed by atoms with Crippen LogP contribution < -0.4 is 5.56 Å². The van der Waals surface area contributed by atoms with Gasteiger partial charge in [0, 0.05) is 21.8 Å². The van der Waals surface area contributed by atoms with Crippen molar-refractivity contribution in [2.45, 2.75) is 0 Å². The van der Waals surface area contributed by atoms with E-state index in [-0.39, 0.29) is 16.1 Å². The fourth-order valence-corrected chi connectivity index (χ4v) is 2.00. The molecule has 0 unspecified atom stereocenters. The van der Waals surface area contributed by atoms with E-state index < -0.39 is 11.5 Å². The van der Waals surface area contributed by atoms with Gasteiger partial charge in [-0.15, -0.1) is 0 Å². The normalized spacial score (nSPS) is 10.3. The summed E-state index contributed by atoms with van der Waals surface area (Å²) in [5.74, 6) is -1.20. The van der Waals surface area contributed by atoms with Gasteiger partial charge in [-0.1, -0.05) is 23.2 Å². The van der Waals surface area contributed by atoms with Crippen molar-refractivity contribution < 1.29 is 9.90 Å². The fourth-order valence-electron chi connectivity index (χ4n) is 1.61. The lowest BCUT2D eigenvalue weighted by molar-refractivity contribution is 0.0697. The second-order valence-corrected chi connectivity index (χ2v) is 4.37. The summed E-state index contributed by atoms with van der Waals surface area (Å²) in [7, 11) is 0. The van der Waals surface area contributed by atoms with E-state index in [0.29, 0.717) is 10.6 Å². The van der Waals surface area contributed by atoms with Crippen LogP contribution >= 0.6 is 23.2 Å². The number of aromatic carboxylic acids is 1. The van der Waals surface area contributed by atoms with Crippen LogP contribution in [0, 0.1) is 0 Å². The summed E-state index contributed by atoms with van der Waals surface area (Å²) in [5.41, 5.74) is -0.358. The maximum atomic E-state index is 11.8. The molecule has 2 rings (SSSR count). The molecule has 18 heavy (non-hydrogen) atoms. The van der Waals surface area contributed by atoms with Crippen molar-refractivity contribution in [1.82, 2.24) is 4.98 Å². The molecule has 0 aliphatic rings. The van der Waals surface area contributed by atoms with Crippen molar-refractivity contribution in [1.29, 1.82) is 0 Å². The molecule has 1 aromatic carbocycles. The predicted octanol–water partition coefficient (Wildman–Crippen LogP) is 3.05. The van der Waals surface area contributed by atoms with Gasteiger partial charge in [0.15, 0.2) is 0 Å². The van der Waals surface area contributed by atoms with E-state index in [4.69, 9.17) is 28.3 Å². The number of pyridine rings is 1. The van der Waals surface area contributed by atoms with Crippen LogP contribution in [-0.2, 0) is 0 Å². The molecule has 6 heteroatoms. The number of H-pyrrole nitrogens is 1. The SMILES string of the molecule is O=C(O)c1cc[nH]c(=O)c1-c1cc(Cl)ccc1Cl. The number of carboxylic acids is 1. The molecule has 0 saturated heterocycles. The van der Waals surface area contributed by atoms with E-state index in [2.05, 4.69) is 4.98 Å². The van der Waals surface area contributed by atoms with Gasteiger partial charge in [0.2, 0.25) is 0 Å². The van der Waals surface area contributed by atoms with Crippen molar-refractivity contribution in [2.75, 3.05) is 0 Å². The first kappa shape index (κ1) is 12.7. The molecule has 0 radical (unpaired) electrons. The van der Waals surface area contributed by atoms with Crippen molar-refractivity contribution in [3.8, 4) is 11.1 Å². The monoisotopic (exact) mass is 283 g/mol. The Hall–Kier alpha value is -1.78. The van der Waals surface area contributed by atoms with Crippen molar-refractivity contribution in [3.05, 3.63) is 56.4 Å². The zero-order valence-electron chi connectivity index (χ0n) is 8.91. The van der Waals surface area contributed by atoms with Gasteiger partial charge >= 0.3 is 5.97 Å². The zero-order valence-corrected chi connectivity index (χ0v) is 10.4. The average Bonchev–Trinajstić information content (AvgIpc) is 2.32. The second kappa shape index (κ2) is 4.84. The Morgan fingerprint density at radius 3 is 2.61 bits per heavy atom. The number of halogens is 2. The third-order valence-electron chi connectivity index (χ3n) is 2.39. The molecule has 92 valence electrons. The maximum Gasteiger partial charge on any atom is 0.336 e. The number of nitrogens with one attached hydrogen (secondary N) is 1. The first-order valence-corrected chi connectivity index (χ1v) is 5.66. The Kier molecular flexibility index (Phi) is 3.41. The van der Waals surface area contributed by atoms with Crippen molar-refractivity contribution >= 4 is 29.2 Å². The molecule has 4 nitrogen and oxygen atoms in total. The highest BCUT2D eigenvalue weighted by atomic mass is 35.5. The highest BCUT2D eigenvalue weighted by molar-refractivity contribution is 6.35. The molecule has 0 aliphatic carbocycles. The number of aromatic nitrogens is 1. The molecule has 1 aromatic heterocycles. The summed E-state index contributed by atoms with van der Waals surface area (Å²) in [5, 5.41) is 9.71. The molecule has 0 bridgehead atoms. The third-order valence-corrected chi connectivity index (χ3v) is 2.95. The molecule has 0 spiro atoms. The van der Waals surface area contributed by atoms with Crippen LogP contribution in [0.25, 0.3) is 11.1 Å². The lowest BCUT2D eigenvalue weighted by Crippen LogP contribution is -2.14. The van der Waals surface area contributed by atoms with Gasteiger partial charge in [-0.05, 0) is 24.3 Å². The molecular weight excluding hydrogens is 277 g/mol. The van der Waals surface area contributed by atoms with Gasteiger partial charge in [-0.2, -0.15) is 0 Å². The predicted molar refractivity (Wildman–Crippen MR) is 69.5 cm³/mol. The molecule has 0 saturated carbocycles. The van der Waals surface area contributed by atoms with Crippen LogP contribution in [0.15, 0.2) is 35.3 Å². The van der Waals surface area contributed by atoms with Gasteiger partial charge in [0.1, 0.15) is 0 Å². The number of benzene rings is 1. The Labute approximate surface area is 112 Å². The van der Waals surface area contributed by atoms with E-state index in [1.54, 1.807) is 6.07 Å². The first-order chi connectivity index (χ1) is 8.50. The van der Waals surface area contributed by atoms with Gasteiger partial charge in [0.25, 0.3) is 5.56 Å². The topological polar surface area (TPSA) is 70.2 Å². The summed E-state index contributed by atoms with van der Waals surface area (Å²) in [6.45, 7) is 0. The van der Waals surface area contributed by atoms with Gasteiger partial charge in [-0.25, -0.2) is 4.79 Å². The molecule has 0 aliphatic heterocycles. The standard InChI is InChI=1S/C12H7Cl2NO3/c13-6-1-2-9(14)8(5-6)10-7(12(17)18)3-4-15-11(10)16/h1-5H,(H,15,16)(H,17,18). The summed E-state index contributed by atoms with van der Waals surface area (Å²) < 4.78 is 0. The zero-order chi connectivity index (χ0) is 13.3. The molecular formula is C12H7Cl2NO3. The van der Waals surface area contributed by atoms with E-state index >= 15 is 0 Å². The van der Waals surface area contributed by atoms with Crippen LogP contribution in [0.3, 0.4) is 0 Å². The van der Waals surface area contributed by atoms with Gasteiger partial charge in [0.05, 0.1) is 11.1 Å². The number of hydrogen-bond acceptors (Lipinski definition) is 2. The molecule has 2 N–H and O–H groups in total. The van der Waals surface area contributed by atoms with Crippen LogP contribution in [-0.4, -0.2) is 16.1 Å². The van der Waals surface area contributed by atoms with Crippen molar-refractivity contribution in [2.24, 2.45) is 0 Å². The number of hydrogen-bond donors (Lipinski definition) is 2. The fraction of sp³-hybridized carbons (Fsp3) is 0. The second-order valence-electron chi connectivity index (χ2n) is 3.52. The minimum Gasteiger partial charge on any atom is -0.478 e. The van der Waals surface area contributed by atoms with Crippen LogP contribution in [0.1, 0.15) is 10.4 Å². The summed E-state index contributed by atoms with van der Waals surface area (Å²) >= 11 is 11.8. The highest BCUT2D eigenvalue weighted by Gasteiger charge is 2.17. The molecule has 0 atom stereocenters. The molecule has 2 aromatic rings. The Balaban J connectivity index is 2.82. The number of rotatable bonds is 2. The van der Waals surface area contributed by atoms with E-state index in [1.165, 1.54) is 24.4 Å². The van der Waals surface area contributed by atoms with E-state index in [9.17, 15) is 9.59 Å². The maximum absolute atomic E-state index is 11.8. The smallest absolute Gasteiger partial charge is 0.336 e. The molecule has 1 heterocycles. The minimum atomic E-state index is -1.20. The summed E-state index contributed by atoms with van der Waals surface area (Å²) in [6.07, 6.45) is 1.27. The first-order valence-electron chi connectivity index (χ1n) is 4.91. The van der Waals surface area contributed by atoms with E-state index in [1.807, 2.05) is 0 Å². The number of carboxylic acid groups (broad SMARTS) is 1. The lowest BCUT2D eigenvalue weighted by Gasteiger charge is -2.07. The number of carbonyl (C=O) groups is 1. The molecule has 0 fully saturated rings. The van der Waals surface area contributed by atoms with Gasteiger partial charge < -0.3 is 10.1 Å². The van der Waals surface area contributed by atoms with E-state index in [0.717, 1.165) is 0 Å². The quantitative estimate of drug-likeness (QED) is 0.890. The largest absolute Gasteiger partial charge is 0.478 e. The Morgan fingerprint density at radius 1 is 1.22 bits per heavy atom. The molecule has 0 amide bonds. The average molecular weight is 284 g/mol. The highest BCUT2D eigenvalue weighted by Crippen LogP contribution is 2.30. The lowest BCUT2D eigenvalue weighted by atomic mass is 10.0. The van der Waals surface area contributed by atoms with Crippen LogP contribution in [0.4, 0.5) is 0 Å². The third kappa shape index (κ3) is 2.25. The minimum absolute atomic E-state index is 0.00231.